The number of pyridine rings is 1. The molecule has 0 bridgehead atoms. The Bertz CT molecular complexity index is 1450. The Balaban J connectivity index is 1.50. The molecule has 1 atom stereocenters. The highest BCUT2D eigenvalue weighted by Gasteiger charge is 2.30. The van der Waals surface area contributed by atoms with E-state index >= 15 is 0 Å². The summed E-state index contributed by atoms with van der Waals surface area (Å²) < 4.78 is 33.8. The molecular weight excluding hydrogens is 565 g/mol. The molecule has 1 aliphatic carbocycles. The van der Waals surface area contributed by atoms with Gasteiger partial charge in [-0.1, -0.05) is 35.3 Å². The molecule has 4 rings (SSSR count). The number of sulfonamides is 1. The van der Waals surface area contributed by atoms with Crippen LogP contribution >= 0.6 is 23.2 Å². The van der Waals surface area contributed by atoms with Crippen molar-refractivity contribution >= 4 is 45.1 Å². The number of carbonyl (C=O) groups excluding carboxylic acids is 1. The van der Waals surface area contributed by atoms with E-state index in [-0.39, 0.29) is 34.5 Å². The van der Waals surface area contributed by atoms with Gasteiger partial charge in [0, 0.05) is 29.9 Å². The number of amides is 1. The van der Waals surface area contributed by atoms with Gasteiger partial charge < -0.3 is 15.2 Å². The lowest BCUT2D eigenvalue weighted by Gasteiger charge is -2.23. The topological polar surface area (TPSA) is 126 Å². The number of nitrogens with zero attached hydrogens (tertiary/aromatic N) is 2. The second kappa shape index (κ2) is 12.8. The third-order valence-corrected chi connectivity index (χ3v) is 8.85. The van der Waals surface area contributed by atoms with E-state index in [9.17, 15) is 23.1 Å². The number of carboxylic acid groups (broad SMARTS) is 1. The van der Waals surface area contributed by atoms with Crippen molar-refractivity contribution in [3.63, 3.8) is 0 Å². The van der Waals surface area contributed by atoms with Crippen molar-refractivity contribution in [2.75, 3.05) is 19.7 Å². The molecule has 39 heavy (non-hydrogen) atoms. The van der Waals surface area contributed by atoms with Gasteiger partial charge in [-0.3, -0.25) is 9.78 Å². The van der Waals surface area contributed by atoms with Crippen LogP contribution in [-0.2, 0) is 38.9 Å². The molecule has 1 heterocycles. The van der Waals surface area contributed by atoms with E-state index in [0.29, 0.717) is 11.4 Å². The van der Waals surface area contributed by atoms with Crippen LogP contribution < -0.4 is 10.1 Å². The average Bonchev–Trinajstić information content (AvgIpc) is 3.36. The van der Waals surface area contributed by atoms with Gasteiger partial charge in [0.1, 0.15) is 23.3 Å². The van der Waals surface area contributed by atoms with Gasteiger partial charge >= 0.3 is 5.97 Å². The fourth-order valence-corrected chi connectivity index (χ4v) is 6.47. The van der Waals surface area contributed by atoms with E-state index in [1.54, 1.807) is 18.2 Å². The van der Waals surface area contributed by atoms with E-state index < -0.39 is 34.5 Å². The predicted molar refractivity (Wildman–Crippen MR) is 147 cm³/mol. The predicted octanol–water partition coefficient (Wildman–Crippen LogP) is 3.76. The number of aromatic nitrogens is 1. The van der Waals surface area contributed by atoms with Gasteiger partial charge in [-0.2, -0.15) is 4.31 Å². The van der Waals surface area contributed by atoms with Crippen LogP contribution in [0.25, 0.3) is 0 Å². The van der Waals surface area contributed by atoms with Crippen molar-refractivity contribution in [2.24, 2.45) is 0 Å². The zero-order valence-electron chi connectivity index (χ0n) is 20.8. The van der Waals surface area contributed by atoms with Crippen molar-refractivity contribution in [1.82, 2.24) is 14.6 Å². The number of rotatable bonds is 12. The monoisotopic (exact) mass is 591 g/mol. The Hall–Kier alpha value is -3.18. The zero-order chi connectivity index (χ0) is 28.0. The Morgan fingerprint density at radius 1 is 1.08 bits per heavy atom. The number of aryl methyl sites for hydroxylation is 2. The minimum atomic E-state index is -4.28. The number of aliphatic carboxylic acids is 1. The van der Waals surface area contributed by atoms with Crippen LogP contribution in [0, 0.1) is 0 Å². The fourth-order valence-electron chi connectivity index (χ4n) is 4.34. The van der Waals surface area contributed by atoms with Crippen molar-refractivity contribution in [3.05, 3.63) is 87.7 Å². The summed E-state index contributed by atoms with van der Waals surface area (Å²) in [6.45, 7) is -0.891. The largest absolute Gasteiger partial charge is 0.492 e. The highest BCUT2D eigenvalue weighted by Crippen LogP contribution is 2.28. The van der Waals surface area contributed by atoms with Crippen LogP contribution in [0.2, 0.25) is 10.0 Å². The van der Waals surface area contributed by atoms with Crippen LogP contribution in [-0.4, -0.2) is 60.4 Å². The van der Waals surface area contributed by atoms with Crippen LogP contribution in [0.4, 0.5) is 0 Å². The summed E-state index contributed by atoms with van der Waals surface area (Å²) in [5.74, 6) is -1.48. The molecule has 1 unspecified atom stereocenters. The summed E-state index contributed by atoms with van der Waals surface area (Å²) in [6, 6.07) is 13.4. The lowest BCUT2D eigenvalue weighted by atomic mass is 10.1. The number of hydrogen-bond acceptors (Lipinski definition) is 6. The molecule has 206 valence electrons. The Kier molecular flexibility index (Phi) is 9.45. The number of carbonyl (C=O) groups is 2. The molecule has 0 aliphatic heterocycles. The van der Waals surface area contributed by atoms with Gasteiger partial charge in [0.15, 0.2) is 0 Å². The number of halogens is 2. The average molecular weight is 593 g/mol. The molecular formula is C27H27Cl2N3O6S. The Morgan fingerprint density at radius 2 is 1.87 bits per heavy atom. The number of fused-ring (bicyclic) bond motifs is 1. The fraction of sp³-hybridized carbons (Fsp3) is 0.296. The van der Waals surface area contributed by atoms with Gasteiger partial charge in [-0.05, 0) is 72.9 Å². The Labute approximate surface area is 236 Å². The standard InChI is InChI=1S/C27H27Cl2N3O6S/c28-20-8-10-25(23(29)15-20)39(36,37)32(12-13-38-22-9-7-18-4-3-5-19(18)14-22)17-26(33)31-24(27(34)35)16-21-6-1-2-11-30-21/h1-2,6-11,14-15,24H,3-5,12-13,16-17H2,(H,31,33)(H,34,35). The first-order valence-electron chi connectivity index (χ1n) is 12.3. The quantitative estimate of drug-likeness (QED) is 0.328. The number of carboxylic acids is 1. The summed E-state index contributed by atoms with van der Waals surface area (Å²) in [4.78, 5) is 28.6. The van der Waals surface area contributed by atoms with E-state index in [1.165, 1.54) is 35.5 Å². The molecule has 0 saturated heterocycles. The molecule has 1 aliphatic rings. The molecule has 3 aromatic rings. The van der Waals surface area contributed by atoms with E-state index in [2.05, 4.69) is 10.3 Å². The van der Waals surface area contributed by atoms with E-state index in [4.69, 9.17) is 27.9 Å². The molecule has 0 spiro atoms. The highest BCUT2D eigenvalue weighted by atomic mass is 35.5. The molecule has 0 fully saturated rings. The molecule has 0 saturated carbocycles. The first-order valence-corrected chi connectivity index (χ1v) is 14.4. The van der Waals surface area contributed by atoms with Gasteiger partial charge in [0.05, 0.1) is 11.6 Å². The summed E-state index contributed by atoms with van der Waals surface area (Å²) in [5.41, 5.74) is 2.95. The van der Waals surface area contributed by atoms with Crippen LogP contribution in [0.15, 0.2) is 65.7 Å². The van der Waals surface area contributed by atoms with Gasteiger partial charge in [-0.25, -0.2) is 13.2 Å². The minimum Gasteiger partial charge on any atom is -0.492 e. The summed E-state index contributed by atoms with van der Waals surface area (Å²) in [6.07, 6.45) is 4.52. The van der Waals surface area contributed by atoms with Crippen molar-refractivity contribution in [2.45, 2.75) is 36.6 Å². The van der Waals surface area contributed by atoms with Gasteiger partial charge in [0.2, 0.25) is 15.9 Å². The lowest BCUT2D eigenvalue weighted by Crippen LogP contribution is -2.48. The summed E-state index contributed by atoms with van der Waals surface area (Å²) >= 11 is 12.1. The maximum atomic E-state index is 13.5. The van der Waals surface area contributed by atoms with E-state index in [0.717, 1.165) is 23.6 Å². The highest BCUT2D eigenvalue weighted by molar-refractivity contribution is 7.89. The number of hydrogen-bond donors (Lipinski definition) is 2. The summed E-state index contributed by atoms with van der Waals surface area (Å²) in [7, 11) is -4.28. The van der Waals surface area contributed by atoms with Crippen molar-refractivity contribution in [3.8, 4) is 5.75 Å². The molecule has 9 nitrogen and oxygen atoms in total. The molecule has 2 N–H and O–H groups in total. The minimum absolute atomic E-state index is 0.0488. The van der Waals surface area contributed by atoms with Gasteiger partial charge in [0.25, 0.3) is 0 Å². The molecule has 1 amide bonds. The maximum absolute atomic E-state index is 13.5. The zero-order valence-corrected chi connectivity index (χ0v) is 23.2. The third-order valence-electron chi connectivity index (χ3n) is 6.28. The number of ether oxygens (including phenoxy) is 1. The molecule has 0 radical (unpaired) electrons. The second-order valence-electron chi connectivity index (χ2n) is 9.03. The van der Waals surface area contributed by atoms with Gasteiger partial charge in [-0.15, -0.1) is 0 Å². The number of benzene rings is 2. The van der Waals surface area contributed by atoms with Crippen LogP contribution in [0.3, 0.4) is 0 Å². The van der Waals surface area contributed by atoms with Crippen molar-refractivity contribution in [1.29, 1.82) is 0 Å². The summed E-state index contributed by atoms with van der Waals surface area (Å²) in [5, 5.41) is 12.2. The molecule has 1 aromatic heterocycles. The third kappa shape index (κ3) is 7.48. The molecule has 2 aromatic carbocycles. The van der Waals surface area contributed by atoms with Crippen LogP contribution in [0.1, 0.15) is 23.2 Å². The first-order chi connectivity index (χ1) is 18.6. The smallest absolute Gasteiger partial charge is 0.326 e. The first kappa shape index (κ1) is 28.8. The maximum Gasteiger partial charge on any atom is 0.326 e. The number of nitrogens with one attached hydrogen (secondary N) is 1. The van der Waals surface area contributed by atoms with Crippen molar-refractivity contribution < 1.29 is 27.9 Å². The van der Waals surface area contributed by atoms with Crippen LogP contribution in [0.5, 0.6) is 5.75 Å². The second-order valence-corrected chi connectivity index (χ2v) is 11.8. The van der Waals surface area contributed by atoms with E-state index in [1.807, 2.05) is 18.2 Å². The molecule has 12 heteroatoms. The Morgan fingerprint density at radius 3 is 2.59 bits per heavy atom. The lowest BCUT2D eigenvalue weighted by molar-refractivity contribution is -0.141. The normalized spacial score (nSPS) is 13.6. The SMILES string of the molecule is O=C(CN(CCOc1ccc2c(c1)CCC2)S(=O)(=O)c1ccc(Cl)cc1Cl)NC(Cc1ccccn1)C(=O)O.